The SMILES string of the molecule is COc1ccc2[nH]c(C)c(CC(=O)N(c3nccs3)C3CCCCC3)c2c1C(=O)c1ccccc1F. The molecule has 8 heteroatoms. The third-order valence-corrected chi connectivity index (χ3v) is 7.74. The molecule has 2 aromatic heterocycles. The fourth-order valence-corrected chi connectivity index (χ4v) is 5.97. The molecule has 0 atom stereocenters. The number of carbonyl (C=O) groups is 2. The Morgan fingerprint density at radius 3 is 2.64 bits per heavy atom. The van der Waals surface area contributed by atoms with Gasteiger partial charge in [-0.15, -0.1) is 11.3 Å². The summed E-state index contributed by atoms with van der Waals surface area (Å²) in [4.78, 5) is 37.1. The van der Waals surface area contributed by atoms with Crippen molar-refractivity contribution in [3.05, 3.63) is 76.2 Å². The van der Waals surface area contributed by atoms with Gasteiger partial charge in [0.1, 0.15) is 11.6 Å². The molecular weight excluding hydrogens is 477 g/mol. The van der Waals surface area contributed by atoms with Crippen LogP contribution in [-0.4, -0.2) is 34.8 Å². The molecule has 0 unspecified atom stereocenters. The van der Waals surface area contributed by atoms with E-state index in [1.54, 1.807) is 24.4 Å². The number of halogens is 1. The Hall–Kier alpha value is -3.52. The number of fused-ring (bicyclic) bond motifs is 1. The predicted octanol–water partition coefficient (Wildman–Crippen LogP) is 6.22. The normalized spacial score (nSPS) is 14.2. The molecule has 2 heterocycles. The van der Waals surface area contributed by atoms with Crippen LogP contribution in [0.5, 0.6) is 5.75 Å². The number of H-pyrrole nitrogens is 1. The van der Waals surface area contributed by atoms with E-state index in [9.17, 15) is 14.0 Å². The number of hydrogen-bond donors (Lipinski definition) is 1. The Morgan fingerprint density at radius 2 is 1.94 bits per heavy atom. The van der Waals surface area contributed by atoms with E-state index in [2.05, 4.69) is 9.97 Å². The summed E-state index contributed by atoms with van der Waals surface area (Å²) in [7, 11) is 1.48. The van der Waals surface area contributed by atoms with Gasteiger partial charge in [-0.05, 0) is 49.6 Å². The smallest absolute Gasteiger partial charge is 0.233 e. The molecule has 0 bridgehead atoms. The van der Waals surface area contributed by atoms with Gasteiger partial charge in [-0.1, -0.05) is 31.4 Å². The number of rotatable bonds is 7. The lowest BCUT2D eigenvalue weighted by molar-refractivity contribution is -0.118. The average molecular weight is 506 g/mol. The average Bonchev–Trinajstić information content (AvgIpc) is 3.52. The summed E-state index contributed by atoms with van der Waals surface area (Å²) in [5, 5.41) is 3.17. The van der Waals surface area contributed by atoms with E-state index in [-0.39, 0.29) is 29.5 Å². The van der Waals surface area contributed by atoms with Gasteiger partial charge in [0.05, 0.1) is 24.7 Å². The highest BCUT2D eigenvalue weighted by Crippen LogP contribution is 2.36. The van der Waals surface area contributed by atoms with Gasteiger partial charge in [-0.25, -0.2) is 9.37 Å². The number of ether oxygens (including phenoxy) is 1. The van der Waals surface area contributed by atoms with Crippen LogP contribution in [0.3, 0.4) is 0 Å². The number of amides is 1. The number of methoxy groups -OCH3 is 1. The zero-order valence-corrected chi connectivity index (χ0v) is 21.2. The molecule has 1 amide bonds. The Morgan fingerprint density at radius 1 is 1.17 bits per heavy atom. The van der Waals surface area contributed by atoms with Crippen LogP contribution >= 0.6 is 11.3 Å². The standard InChI is InChI=1S/C28H28FN3O3S/c1-17-20(16-24(33)32(28-30-14-15-36-28)18-8-4-3-5-9-18)25-22(31-17)12-13-23(35-2)26(25)27(34)19-10-6-7-11-21(19)29/h6-7,10-15,18,31H,3-5,8-9,16H2,1-2H3. The topological polar surface area (TPSA) is 75.3 Å². The fraction of sp³-hybridized carbons (Fsp3) is 0.321. The second kappa shape index (κ2) is 10.2. The number of thiazole rings is 1. The highest BCUT2D eigenvalue weighted by molar-refractivity contribution is 7.13. The number of aromatic amines is 1. The first-order valence-corrected chi connectivity index (χ1v) is 13.1. The molecule has 5 rings (SSSR count). The van der Waals surface area contributed by atoms with Crippen LogP contribution in [0.1, 0.15) is 59.3 Å². The lowest BCUT2D eigenvalue weighted by Crippen LogP contribution is -2.42. The van der Waals surface area contributed by atoms with Gasteiger partial charge in [-0.3, -0.25) is 14.5 Å². The Balaban J connectivity index is 1.60. The van der Waals surface area contributed by atoms with Gasteiger partial charge < -0.3 is 9.72 Å². The van der Waals surface area contributed by atoms with Gasteiger partial charge >= 0.3 is 0 Å². The van der Waals surface area contributed by atoms with E-state index in [1.807, 2.05) is 23.3 Å². The summed E-state index contributed by atoms with van der Waals surface area (Å²) < 4.78 is 20.2. The number of benzene rings is 2. The Kier molecular flexibility index (Phi) is 6.87. The number of nitrogens with zero attached hydrogens (tertiary/aromatic N) is 2. The van der Waals surface area contributed by atoms with Crippen LogP contribution in [0, 0.1) is 12.7 Å². The van der Waals surface area contributed by atoms with Crippen molar-refractivity contribution in [2.75, 3.05) is 12.0 Å². The number of carbonyl (C=O) groups excluding carboxylic acids is 2. The molecule has 1 aliphatic carbocycles. The Bertz CT molecular complexity index is 1410. The molecule has 0 aliphatic heterocycles. The number of aromatic nitrogens is 2. The van der Waals surface area contributed by atoms with Crippen LogP contribution in [0.4, 0.5) is 9.52 Å². The molecule has 0 spiro atoms. The van der Waals surface area contributed by atoms with Gasteiger partial charge in [0.15, 0.2) is 10.9 Å². The van der Waals surface area contributed by atoms with E-state index in [0.29, 0.717) is 27.3 Å². The number of nitrogens with one attached hydrogen (secondary N) is 1. The minimum absolute atomic E-state index is 0.0361. The summed E-state index contributed by atoms with van der Waals surface area (Å²) in [6, 6.07) is 9.54. The molecule has 1 aliphatic rings. The largest absolute Gasteiger partial charge is 0.496 e. The quantitative estimate of drug-likeness (QED) is 0.303. The number of aryl methyl sites for hydroxylation is 1. The minimum Gasteiger partial charge on any atom is -0.496 e. The molecule has 36 heavy (non-hydrogen) atoms. The monoisotopic (exact) mass is 505 g/mol. The van der Waals surface area contributed by atoms with Crippen molar-refractivity contribution in [3.8, 4) is 5.75 Å². The zero-order valence-electron chi connectivity index (χ0n) is 20.3. The van der Waals surface area contributed by atoms with E-state index in [4.69, 9.17) is 4.74 Å². The van der Waals surface area contributed by atoms with Gasteiger partial charge in [0.2, 0.25) is 5.91 Å². The molecular formula is C28H28FN3O3S. The van der Waals surface area contributed by atoms with Crippen molar-refractivity contribution in [1.82, 2.24) is 9.97 Å². The molecule has 2 aromatic carbocycles. The maximum Gasteiger partial charge on any atom is 0.233 e. The highest BCUT2D eigenvalue weighted by Gasteiger charge is 2.31. The van der Waals surface area contributed by atoms with Crippen LogP contribution in [0.25, 0.3) is 10.9 Å². The zero-order chi connectivity index (χ0) is 25.2. The first kappa shape index (κ1) is 24.2. The fourth-order valence-electron chi connectivity index (χ4n) is 5.24. The third-order valence-electron chi connectivity index (χ3n) is 6.97. The summed E-state index contributed by atoms with van der Waals surface area (Å²) in [6.45, 7) is 1.89. The van der Waals surface area contributed by atoms with E-state index in [0.717, 1.165) is 31.4 Å². The second-order valence-electron chi connectivity index (χ2n) is 9.15. The molecule has 4 aromatic rings. The summed E-state index contributed by atoms with van der Waals surface area (Å²) in [5.41, 5.74) is 2.42. The lowest BCUT2D eigenvalue weighted by Gasteiger charge is -2.32. The summed E-state index contributed by atoms with van der Waals surface area (Å²) in [6.07, 6.45) is 7.06. The van der Waals surface area contributed by atoms with Crippen LogP contribution in [0.2, 0.25) is 0 Å². The third kappa shape index (κ3) is 4.41. The summed E-state index contributed by atoms with van der Waals surface area (Å²) >= 11 is 1.46. The number of hydrogen-bond acceptors (Lipinski definition) is 5. The highest BCUT2D eigenvalue weighted by atomic mass is 32.1. The van der Waals surface area contributed by atoms with Crippen molar-refractivity contribution < 1.29 is 18.7 Å². The first-order chi connectivity index (χ1) is 17.5. The molecule has 1 saturated carbocycles. The Labute approximate surface area is 213 Å². The maximum absolute atomic E-state index is 14.6. The lowest BCUT2D eigenvalue weighted by atomic mass is 9.93. The van der Waals surface area contributed by atoms with E-state index >= 15 is 0 Å². The van der Waals surface area contributed by atoms with Crippen LogP contribution in [0.15, 0.2) is 48.0 Å². The van der Waals surface area contributed by atoms with Crippen molar-refractivity contribution in [3.63, 3.8) is 0 Å². The number of ketones is 1. The van der Waals surface area contributed by atoms with Crippen molar-refractivity contribution in [2.24, 2.45) is 0 Å². The summed E-state index contributed by atoms with van der Waals surface area (Å²) in [5.74, 6) is -0.800. The molecule has 1 fully saturated rings. The molecule has 0 radical (unpaired) electrons. The van der Waals surface area contributed by atoms with Crippen molar-refractivity contribution >= 4 is 39.1 Å². The first-order valence-electron chi connectivity index (χ1n) is 12.2. The molecule has 0 saturated heterocycles. The minimum atomic E-state index is -0.598. The molecule has 6 nitrogen and oxygen atoms in total. The molecule has 186 valence electrons. The van der Waals surface area contributed by atoms with Crippen molar-refractivity contribution in [1.29, 1.82) is 0 Å². The predicted molar refractivity (Wildman–Crippen MR) is 140 cm³/mol. The van der Waals surface area contributed by atoms with E-state index in [1.165, 1.54) is 37.0 Å². The van der Waals surface area contributed by atoms with Gasteiger partial charge in [0, 0.05) is 34.2 Å². The maximum atomic E-state index is 14.6. The van der Waals surface area contributed by atoms with Gasteiger partial charge in [0.25, 0.3) is 0 Å². The number of anilines is 1. The molecule has 1 N–H and O–H groups in total. The van der Waals surface area contributed by atoms with Crippen LogP contribution < -0.4 is 9.64 Å². The second-order valence-corrected chi connectivity index (χ2v) is 10.0. The van der Waals surface area contributed by atoms with E-state index < -0.39 is 11.6 Å². The van der Waals surface area contributed by atoms with Crippen molar-refractivity contribution in [2.45, 2.75) is 51.5 Å². The van der Waals surface area contributed by atoms with Gasteiger partial charge in [-0.2, -0.15) is 0 Å². The van der Waals surface area contributed by atoms with Crippen LogP contribution in [-0.2, 0) is 11.2 Å².